The number of carbonyl (C=O) groups excluding carboxylic acids is 5. The van der Waals surface area contributed by atoms with E-state index in [2.05, 4.69) is 38.1 Å². The number of rotatable bonds is 26. The lowest BCUT2D eigenvalue weighted by Gasteiger charge is -2.40. The molecule has 2 heterocycles. The smallest absolute Gasteiger partial charge is 0.309 e. The van der Waals surface area contributed by atoms with E-state index in [1.807, 2.05) is 39.6 Å². The number of nitrogens with zero attached hydrogens (tertiary/aromatic N) is 3. The van der Waals surface area contributed by atoms with Crippen molar-refractivity contribution in [3.63, 3.8) is 0 Å². The molecule has 0 radical (unpaired) electrons. The van der Waals surface area contributed by atoms with Crippen LogP contribution in [0.2, 0.25) is 0 Å². The van der Waals surface area contributed by atoms with Crippen LogP contribution in [0.4, 0.5) is 10.1 Å². The molecule has 1 aliphatic rings. The first-order valence-electron chi connectivity index (χ1n) is 22.9. The minimum atomic E-state index is -1.26. The Bertz CT molecular complexity index is 1870. The molecule has 5 N–H and O–H groups in total. The lowest BCUT2D eigenvalue weighted by atomic mass is 9.84. The zero-order valence-corrected chi connectivity index (χ0v) is 40.5. The summed E-state index contributed by atoms with van der Waals surface area (Å²) in [7, 11) is 3.54. The van der Waals surface area contributed by atoms with E-state index in [4.69, 9.17) is 4.74 Å². The van der Waals surface area contributed by atoms with Crippen molar-refractivity contribution >= 4 is 52.6 Å². The summed E-state index contributed by atoms with van der Waals surface area (Å²) in [5.74, 6) is -3.93. The van der Waals surface area contributed by atoms with Crippen LogP contribution in [0.1, 0.15) is 147 Å². The third-order valence-corrected chi connectivity index (χ3v) is 13.1. The van der Waals surface area contributed by atoms with E-state index in [0.717, 1.165) is 62.8 Å². The van der Waals surface area contributed by atoms with Crippen LogP contribution in [-0.2, 0) is 35.1 Å². The van der Waals surface area contributed by atoms with Gasteiger partial charge in [-0.3, -0.25) is 33.7 Å². The van der Waals surface area contributed by atoms with Crippen LogP contribution >= 0.6 is 11.3 Å². The van der Waals surface area contributed by atoms with Crippen molar-refractivity contribution in [3.05, 3.63) is 45.7 Å². The second kappa shape index (κ2) is 25.9. The number of likely N-dealkylation sites (tertiary alicyclic amines) is 1. The number of aromatic nitrogens is 1. The van der Waals surface area contributed by atoms with E-state index in [1.54, 1.807) is 13.1 Å². The number of halogens is 1. The summed E-state index contributed by atoms with van der Waals surface area (Å²) in [4.78, 5) is 88.1. The standard InChI is InChI=1S/C47H74FN7O8S/c1-11-13-14-16-22-55(45(60)41(30(5)12-2)53-43(59)37-18-15-17-21-54(37)10)38(29(3)4)25-39(63-31(6)56)44-52-36(28-64-44)42(58)50-33(26-47(7,8)46(61)62)23-32-19-20-35(34(48)24-32)51-40(57)27-49-9/h19-20,24,28-30,33,37-39,41,49H,11-18,21-23,25-27H2,1-10H3,(H,50,58)(H,51,57)(H,53,59)(H,61,62)/t30-,33-,37+,38+,39+,41-/m0/s1. The van der Waals surface area contributed by atoms with E-state index < -0.39 is 59.2 Å². The van der Waals surface area contributed by atoms with E-state index in [-0.39, 0.29) is 66.9 Å². The summed E-state index contributed by atoms with van der Waals surface area (Å²) in [5, 5.41) is 23.1. The number of anilines is 1. The number of aliphatic carboxylic acids is 1. The fourth-order valence-corrected chi connectivity index (χ4v) is 8.99. The van der Waals surface area contributed by atoms with Gasteiger partial charge >= 0.3 is 11.9 Å². The van der Waals surface area contributed by atoms with Crippen LogP contribution in [0.25, 0.3) is 0 Å². The number of benzene rings is 1. The van der Waals surface area contributed by atoms with Gasteiger partial charge in [-0.25, -0.2) is 9.37 Å². The largest absolute Gasteiger partial charge is 0.481 e. The van der Waals surface area contributed by atoms with Crippen molar-refractivity contribution in [2.75, 3.05) is 39.0 Å². The van der Waals surface area contributed by atoms with Gasteiger partial charge in [0, 0.05) is 37.4 Å². The molecule has 6 atom stereocenters. The highest BCUT2D eigenvalue weighted by atomic mass is 32.1. The first-order valence-corrected chi connectivity index (χ1v) is 23.8. The van der Waals surface area contributed by atoms with Gasteiger partial charge in [-0.1, -0.05) is 72.8 Å². The highest BCUT2D eigenvalue weighted by Crippen LogP contribution is 2.33. The summed E-state index contributed by atoms with van der Waals surface area (Å²) in [6, 6.07) is 1.98. The normalized spacial score (nSPS) is 16.8. The summed E-state index contributed by atoms with van der Waals surface area (Å²) < 4.78 is 21.0. The van der Waals surface area contributed by atoms with E-state index in [9.17, 15) is 33.9 Å². The highest BCUT2D eigenvalue weighted by molar-refractivity contribution is 7.09. The molecule has 1 aromatic carbocycles. The molecule has 2 aromatic rings. The van der Waals surface area contributed by atoms with Crippen molar-refractivity contribution in [1.29, 1.82) is 0 Å². The molecule has 0 spiro atoms. The molecule has 1 fully saturated rings. The van der Waals surface area contributed by atoms with Crippen molar-refractivity contribution < 1.29 is 43.0 Å². The Kier molecular flexibility index (Phi) is 21.8. The third-order valence-electron chi connectivity index (χ3n) is 12.1. The molecule has 64 heavy (non-hydrogen) atoms. The topological polar surface area (TPSA) is 199 Å². The second-order valence-electron chi connectivity index (χ2n) is 18.3. The fraction of sp³-hybridized carbons (Fsp3) is 0.681. The molecule has 0 unspecified atom stereocenters. The molecule has 0 aliphatic carbocycles. The van der Waals surface area contributed by atoms with Crippen LogP contribution < -0.4 is 21.3 Å². The Morgan fingerprint density at radius 1 is 1.06 bits per heavy atom. The average molecular weight is 916 g/mol. The fourth-order valence-electron chi connectivity index (χ4n) is 8.15. The Labute approximate surface area is 383 Å². The van der Waals surface area contributed by atoms with Gasteiger partial charge in [-0.2, -0.15) is 0 Å². The average Bonchev–Trinajstić information content (AvgIpc) is 3.73. The maximum Gasteiger partial charge on any atom is 0.309 e. The molecule has 4 amide bonds. The number of hydrogen-bond acceptors (Lipinski definition) is 11. The third kappa shape index (κ3) is 16.2. The number of nitrogens with one attached hydrogen (secondary N) is 4. The monoisotopic (exact) mass is 916 g/mol. The van der Waals surface area contributed by atoms with Gasteiger partial charge in [-0.15, -0.1) is 11.3 Å². The van der Waals surface area contributed by atoms with Crippen LogP contribution in [0.3, 0.4) is 0 Å². The Morgan fingerprint density at radius 3 is 2.38 bits per heavy atom. The van der Waals surface area contributed by atoms with Gasteiger partial charge < -0.3 is 36.0 Å². The highest BCUT2D eigenvalue weighted by Gasteiger charge is 2.39. The summed E-state index contributed by atoms with van der Waals surface area (Å²) >= 11 is 1.13. The minimum Gasteiger partial charge on any atom is -0.481 e. The lowest BCUT2D eigenvalue weighted by molar-refractivity contribution is -0.150. The van der Waals surface area contributed by atoms with Gasteiger partial charge in [-0.05, 0) is 96.1 Å². The van der Waals surface area contributed by atoms with Crippen molar-refractivity contribution in [3.8, 4) is 0 Å². The molecule has 0 bridgehead atoms. The van der Waals surface area contributed by atoms with Gasteiger partial charge in [0.1, 0.15) is 22.6 Å². The van der Waals surface area contributed by atoms with Crippen molar-refractivity contribution in [2.45, 2.75) is 156 Å². The molecular weight excluding hydrogens is 842 g/mol. The Morgan fingerprint density at radius 2 is 1.78 bits per heavy atom. The molecular formula is C47H74FN7O8S. The predicted octanol–water partition coefficient (Wildman–Crippen LogP) is 6.73. The molecule has 15 nitrogen and oxygen atoms in total. The van der Waals surface area contributed by atoms with Gasteiger partial charge in [0.2, 0.25) is 17.7 Å². The SMILES string of the molecule is CCCCCCN(C(=O)[C@@H](NC(=O)[C@H]1CCCCN1C)[C@@H](C)CC)[C@H](C[C@@H](OC(C)=O)c1nc(C(=O)N[C@@H](Cc2ccc(NC(=O)CNC)c(F)c2)CC(C)(C)C(=O)O)cs1)C(C)C. The first-order chi connectivity index (χ1) is 30.2. The molecule has 1 saturated heterocycles. The minimum absolute atomic E-state index is 0.00292. The summed E-state index contributed by atoms with van der Waals surface area (Å²) in [5.41, 5.74) is -0.791. The number of unbranched alkanes of at least 4 members (excludes halogenated alkanes) is 3. The molecule has 0 saturated carbocycles. The number of carboxylic acids is 1. The van der Waals surface area contributed by atoms with Crippen LogP contribution in [-0.4, -0.2) is 113 Å². The Balaban J connectivity index is 1.95. The van der Waals surface area contributed by atoms with Crippen LogP contribution in [0.15, 0.2) is 23.6 Å². The number of likely N-dealkylation sites (N-methyl/N-ethyl adjacent to an activating group) is 2. The molecule has 1 aliphatic heterocycles. The summed E-state index contributed by atoms with van der Waals surface area (Å²) in [6.45, 7) is 15.7. The van der Waals surface area contributed by atoms with Gasteiger partial charge in [0.15, 0.2) is 6.10 Å². The number of carboxylic acid groups (broad SMARTS) is 1. The predicted molar refractivity (Wildman–Crippen MR) is 247 cm³/mol. The zero-order valence-electron chi connectivity index (χ0n) is 39.7. The first kappa shape index (κ1) is 53.9. The molecule has 358 valence electrons. The number of carbonyl (C=O) groups is 6. The van der Waals surface area contributed by atoms with Gasteiger partial charge in [0.05, 0.1) is 23.7 Å². The number of esters is 1. The van der Waals surface area contributed by atoms with Crippen molar-refractivity contribution in [1.82, 2.24) is 30.7 Å². The van der Waals surface area contributed by atoms with E-state index in [1.165, 1.54) is 38.3 Å². The molecule has 3 rings (SSSR count). The van der Waals surface area contributed by atoms with E-state index >= 15 is 4.39 Å². The zero-order chi connectivity index (χ0) is 47.7. The maximum atomic E-state index is 15.1. The maximum absolute atomic E-state index is 15.1. The van der Waals surface area contributed by atoms with Gasteiger partial charge in [0.25, 0.3) is 5.91 Å². The number of amides is 4. The van der Waals surface area contributed by atoms with Crippen LogP contribution in [0.5, 0.6) is 0 Å². The molecule has 17 heteroatoms. The quantitative estimate of drug-likeness (QED) is 0.0496. The number of piperidine rings is 1. The number of thiazole rings is 1. The van der Waals surface area contributed by atoms with E-state index in [0.29, 0.717) is 23.5 Å². The van der Waals surface area contributed by atoms with Crippen molar-refractivity contribution in [2.24, 2.45) is 17.3 Å². The number of hydrogen-bond donors (Lipinski definition) is 5. The lowest BCUT2D eigenvalue weighted by Crippen LogP contribution is -2.59. The number of ether oxygens (including phenoxy) is 1. The Hall–Kier alpha value is -4.48. The summed E-state index contributed by atoms with van der Waals surface area (Å²) in [6.07, 6.45) is 6.37. The van der Waals surface area contributed by atoms with Crippen LogP contribution in [0, 0.1) is 23.1 Å². The second-order valence-corrected chi connectivity index (χ2v) is 19.2. The molecule has 1 aromatic heterocycles.